The molecule has 1 aromatic carbocycles. The van der Waals surface area contributed by atoms with Gasteiger partial charge in [-0.3, -0.25) is 38.4 Å². The third-order valence-electron chi connectivity index (χ3n) is 12.1. The Kier molecular flexibility index (Phi) is 21.9. The Morgan fingerprint density at radius 1 is 0.783 bits per heavy atom. The molecule has 2 aliphatic rings. The number of aromatic nitrogens is 2. The predicted molar refractivity (Wildman–Crippen MR) is 255 cm³/mol. The van der Waals surface area contributed by atoms with E-state index in [9.17, 15) is 53.4 Å². The summed E-state index contributed by atoms with van der Waals surface area (Å²) in [4.78, 5) is 128. The van der Waals surface area contributed by atoms with Crippen molar-refractivity contribution in [3.8, 4) is 0 Å². The average Bonchev–Trinajstić information content (AvgIpc) is 4.14. The Balaban J connectivity index is 1.49. The maximum atomic E-state index is 14.3. The lowest BCUT2D eigenvalue weighted by atomic mass is 9.97. The average molecular weight is 984 g/mol. The summed E-state index contributed by atoms with van der Waals surface area (Å²) < 4.78 is 0. The monoisotopic (exact) mass is 983 g/mol. The van der Waals surface area contributed by atoms with Crippen LogP contribution >= 0.6 is 11.8 Å². The molecule has 380 valence electrons. The van der Waals surface area contributed by atoms with Crippen molar-refractivity contribution in [1.82, 2.24) is 52.1 Å². The van der Waals surface area contributed by atoms with Crippen LogP contribution in [0.5, 0.6) is 0 Å². The summed E-state index contributed by atoms with van der Waals surface area (Å²) in [5.74, 6) is -7.50. The Hall–Kier alpha value is -6.07. The number of carbonyl (C=O) groups is 9. The summed E-state index contributed by atoms with van der Waals surface area (Å²) in [6.07, 6.45) is 4.31. The first-order valence-corrected chi connectivity index (χ1v) is 24.8. The Morgan fingerprint density at radius 2 is 1.42 bits per heavy atom. The molecule has 2 saturated heterocycles. The first-order valence-electron chi connectivity index (χ1n) is 23.4. The number of likely N-dealkylation sites (tertiary alicyclic amines) is 1. The third kappa shape index (κ3) is 16.8. The van der Waals surface area contributed by atoms with Gasteiger partial charge in [0.2, 0.25) is 41.4 Å². The second kappa shape index (κ2) is 27.2. The fourth-order valence-corrected chi connectivity index (χ4v) is 8.66. The van der Waals surface area contributed by atoms with E-state index in [-0.39, 0.29) is 45.1 Å². The van der Waals surface area contributed by atoms with E-state index in [2.05, 4.69) is 47.2 Å². The molecule has 2 aromatic rings. The maximum absolute atomic E-state index is 14.3. The molecule has 1 aromatic heterocycles. The van der Waals surface area contributed by atoms with Gasteiger partial charge in [-0.1, -0.05) is 58.0 Å². The Bertz CT molecular complexity index is 2070. The van der Waals surface area contributed by atoms with Gasteiger partial charge in [-0.15, -0.1) is 0 Å². The number of nitrogens with one attached hydrogen (secondary N) is 8. The van der Waals surface area contributed by atoms with Crippen molar-refractivity contribution in [3.05, 3.63) is 54.1 Å². The van der Waals surface area contributed by atoms with Crippen LogP contribution in [0.4, 0.5) is 0 Å². The van der Waals surface area contributed by atoms with E-state index in [1.54, 1.807) is 58.0 Å². The van der Waals surface area contributed by atoms with Crippen LogP contribution in [0.3, 0.4) is 0 Å². The van der Waals surface area contributed by atoms with Crippen LogP contribution in [0, 0.1) is 11.8 Å². The Labute approximate surface area is 406 Å². The van der Waals surface area contributed by atoms with Gasteiger partial charge in [0.05, 0.1) is 18.4 Å². The summed E-state index contributed by atoms with van der Waals surface area (Å²) >= 11 is 1.41. The summed E-state index contributed by atoms with van der Waals surface area (Å²) in [5, 5.41) is 40.8. The summed E-state index contributed by atoms with van der Waals surface area (Å²) in [5.41, 5.74) is 6.49. The SMILES string of the molecule is CSCC[C@H](NC(=O)[C@@H](NC(=O)[C@@H]1CCCN1C(=O)C(O)[C@H](Cc1ccccc1)NC(=O)[C@@H](NC(=O)[C@H](CCC(N)=O)NC(=O)[C@@H]1CCCN1)C(C)C)C(C)C)C(=O)N[C@@H](Cc1cnc[nH]1)C(=O)O. The normalized spacial score (nSPS) is 18.8. The molecule has 4 rings (SSSR count). The number of carboxylic acids is 1. The van der Waals surface area contributed by atoms with Gasteiger partial charge in [-0.2, -0.15) is 11.8 Å². The van der Waals surface area contributed by atoms with Gasteiger partial charge >= 0.3 is 5.97 Å². The first-order chi connectivity index (χ1) is 32.8. The summed E-state index contributed by atoms with van der Waals surface area (Å²) in [7, 11) is 0. The van der Waals surface area contributed by atoms with Crippen LogP contribution in [-0.4, -0.2) is 158 Å². The second-order valence-corrected chi connectivity index (χ2v) is 19.1. The largest absolute Gasteiger partial charge is 0.480 e. The number of aliphatic hydroxyl groups excluding tert-OH is 1. The number of aliphatic hydroxyl groups is 1. The van der Waals surface area contributed by atoms with Crippen molar-refractivity contribution in [2.45, 2.75) is 140 Å². The number of aromatic amines is 1. The van der Waals surface area contributed by atoms with E-state index in [0.717, 1.165) is 6.42 Å². The number of rotatable bonds is 27. The number of amides is 8. The number of imidazole rings is 1. The highest BCUT2D eigenvalue weighted by Gasteiger charge is 2.42. The molecule has 0 bridgehead atoms. The number of aliphatic carboxylic acids is 1. The highest BCUT2D eigenvalue weighted by Crippen LogP contribution is 2.22. The smallest absolute Gasteiger partial charge is 0.326 e. The highest BCUT2D eigenvalue weighted by molar-refractivity contribution is 7.98. The van der Waals surface area contributed by atoms with Gasteiger partial charge in [0, 0.05) is 31.3 Å². The van der Waals surface area contributed by atoms with Gasteiger partial charge in [0.15, 0.2) is 6.10 Å². The van der Waals surface area contributed by atoms with Gasteiger partial charge in [0.25, 0.3) is 5.91 Å². The van der Waals surface area contributed by atoms with Crippen molar-refractivity contribution < 1.29 is 53.4 Å². The van der Waals surface area contributed by atoms with Gasteiger partial charge < -0.3 is 63.0 Å². The number of hydrogen-bond acceptors (Lipinski definition) is 13. The molecule has 8 amide bonds. The molecule has 23 heteroatoms. The van der Waals surface area contributed by atoms with E-state index < -0.39 is 120 Å². The minimum Gasteiger partial charge on any atom is -0.480 e. The minimum atomic E-state index is -1.89. The number of carbonyl (C=O) groups excluding carboxylic acids is 8. The molecule has 1 unspecified atom stereocenters. The topological polar surface area (TPSA) is 336 Å². The zero-order valence-electron chi connectivity index (χ0n) is 39.8. The number of nitrogens with two attached hydrogens (primary N) is 1. The quantitative estimate of drug-likeness (QED) is 0.0492. The lowest BCUT2D eigenvalue weighted by Gasteiger charge is -2.33. The van der Waals surface area contributed by atoms with Crippen LogP contribution in [0.15, 0.2) is 42.9 Å². The minimum absolute atomic E-state index is 0.0358. The van der Waals surface area contributed by atoms with Crippen molar-refractivity contribution in [2.24, 2.45) is 17.6 Å². The van der Waals surface area contributed by atoms with Crippen LogP contribution in [0.1, 0.15) is 83.9 Å². The van der Waals surface area contributed by atoms with E-state index >= 15 is 0 Å². The zero-order valence-corrected chi connectivity index (χ0v) is 40.6. The molecule has 0 aliphatic carbocycles. The standard InChI is InChI=1S/C46H69N11O11S/c1-25(2)36(55-41(62)30(15-16-35(47)58)51-39(60)29-13-9-18-49-29)44(65)53-32(21-27-11-7-6-8-12-27)38(59)45(66)57-19-10-14-34(57)42(63)56-37(26(3)4)43(64)52-31(17-20-69-5)40(61)54-33(46(67)68)22-28-23-48-24-50-28/h6-8,11-12,23-26,29-34,36-38,49,59H,9-10,13-22H2,1-5H3,(H2,47,58)(H,48,50)(H,51,60)(H,52,64)(H,53,65)(H,54,61)(H,55,62)(H,56,63)(H,67,68)/t29-,30-,31-,32-,33-,34-,36-,37-,38?/m0/s1. The van der Waals surface area contributed by atoms with E-state index in [1.165, 1.54) is 29.2 Å². The molecule has 69 heavy (non-hydrogen) atoms. The third-order valence-corrected chi connectivity index (χ3v) is 12.8. The molecule has 22 nitrogen and oxygen atoms in total. The molecule has 2 fully saturated rings. The number of carboxylic acid groups (broad SMARTS) is 1. The molecule has 12 N–H and O–H groups in total. The zero-order chi connectivity index (χ0) is 50.8. The molecule has 9 atom stereocenters. The van der Waals surface area contributed by atoms with Crippen molar-refractivity contribution in [2.75, 3.05) is 25.1 Å². The number of benzene rings is 1. The van der Waals surface area contributed by atoms with Crippen molar-refractivity contribution in [3.63, 3.8) is 0 Å². The van der Waals surface area contributed by atoms with Gasteiger partial charge in [0.1, 0.15) is 36.3 Å². The lowest BCUT2D eigenvalue weighted by molar-refractivity contribution is -0.147. The van der Waals surface area contributed by atoms with Crippen LogP contribution in [0.25, 0.3) is 0 Å². The maximum Gasteiger partial charge on any atom is 0.326 e. The van der Waals surface area contributed by atoms with E-state index in [0.29, 0.717) is 36.4 Å². The Morgan fingerprint density at radius 3 is 2.01 bits per heavy atom. The van der Waals surface area contributed by atoms with Crippen LogP contribution < -0.4 is 43.0 Å². The molecule has 0 saturated carbocycles. The summed E-state index contributed by atoms with van der Waals surface area (Å²) in [6, 6.07) is -0.285. The lowest BCUT2D eigenvalue weighted by Crippen LogP contribution is -2.61. The predicted octanol–water partition coefficient (Wildman–Crippen LogP) is -1.38. The van der Waals surface area contributed by atoms with Gasteiger partial charge in [-0.25, -0.2) is 9.78 Å². The molecular weight excluding hydrogens is 915 g/mol. The van der Waals surface area contributed by atoms with Crippen LogP contribution in [0.2, 0.25) is 0 Å². The first kappa shape index (κ1) is 55.5. The second-order valence-electron chi connectivity index (χ2n) is 18.1. The number of H-pyrrole nitrogens is 1. The van der Waals surface area contributed by atoms with Crippen molar-refractivity contribution >= 4 is 65.0 Å². The number of primary amides is 1. The number of thioether (sulfide) groups is 1. The highest BCUT2D eigenvalue weighted by atomic mass is 32.2. The number of nitrogens with zero attached hydrogens (tertiary/aromatic N) is 2. The molecule has 0 spiro atoms. The molecule has 2 aliphatic heterocycles. The fraction of sp³-hybridized carbons (Fsp3) is 0.609. The van der Waals surface area contributed by atoms with Crippen LogP contribution in [-0.2, 0) is 56.0 Å². The summed E-state index contributed by atoms with van der Waals surface area (Å²) in [6.45, 7) is 7.41. The van der Waals surface area contributed by atoms with Crippen molar-refractivity contribution in [1.29, 1.82) is 0 Å². The molecule has 0 radical (unpaired) electrons. The number of hydrogen-bond donors (Lipinski definition) is 11. The molecular formula is C46H69N11O11S. The fourth-order valence-electron chi connectivity index (χ4n) is 8.19. The van der Waals surface area contributed by atoms with E-state index in [4.69, 9.17) is 5.73 Å². The molecule has 3 heterocycles. The van der Waals surface area contributed by atoms with E-state index in [1.807, 2.05) is 6.26 Å². The van der Waals surface area contributed by atoms with Gasteiger partial charge in [-0.05, 0) is 80.9 Å².